The molecule has 2 aliphatic carbocycles. The quantitative estimate of drug-likeness (QED) is 0.575. The van der Waals surface area contributed by atoms with Crippen molar-refractivity contribution in [3.63, 3.8) is 0 Å². The number of pyridine rings is 1. The molecule has 2 atom stereocenters. The second kappa shape index (κ2) is 8.91. The van der Waals surface area contributed by atoms with Crippen LogP contribution in [0.1, 0.15) is 88.7 Å². The van der Waals surface area contributed by atoms with Gasteiger partial charge in [0, 0.05) is 11.6 Å². The van der Waals surface area contributed by atoms with E-state index in [1.165, 1.54) is 56.1 Å². The Bertz CT molecular complexity index is 551. The average Bonchev–Trinajstić information content (AvgIpc) is 2.61. The second-order valence-corrected chi connectivity index (χ2v) is 7.92. The van der Waals surface area contributed by atoms with Gasteiger partial charge in [-0.25, -0.2) is 0 Å². The van der Waals surface area contributed by atoms with Crippen LogP contribution in [0, 0.1) is 18.8 Å². The monoisotopic (exact) mass is 345 g/mol. The molecule has 0 aromatic carbocycles. The summed E-state index contributed by atoms with van der Waals surface area (Å²) in [6.45, 7) is 7.90. The lowest BCUT2D eigenvalue weighted by Gasteiger charge is -2.44. The third kappa shape index (κ3) is 4.30. The molecule has 0 aliphatic heterocycles. The van der Waals surface area contributed by atoms with E-state index in [1.54, 1.807) is 0 Å². The van der Waals surface area contributed by atoms with Gasteiger partial charge >= 0.3 is 0 Å². The Morgan fingerprint density at radius 2 is 1.68 bits per heavy atom. The fourth-order valence-corrected chi connectivity index (χ4v) is 4.62. The summed E-state index contributed by atoms with van der Waals surface area (Å²) < 4.78 is 11.8. The van der Waals surface area contributed by atoms with Crippen molar-refractivity contribution in [3.8, 4) is 11.8 Å². The van der Waals surface area contributed by atoms with Gasteiger partial charge in [-0.15, -0.1) is 0 Å². The van der Waals surface area contributed by atoms with Crippen molar-refractivity contribution in [2.75, 3.05) is 13.2 Å². The maximum absolute atomic E-state index is 5.96. The highest BCUT2D eigenvalue weighted by Gasteiger charge is 2.39. The number of hydrogen-bond donors (Lipinski definition) is 0. The van der Waals surface area contributed by atoms with Crippen molar-refractivity contribution in [2.45, 2.75) is 84.5 Å². The smallest absolute Gasteiger partial charge is 0.219 e. The van der Waals surface area contributed by atoms with Crippen LogP contribution >= 0.6 is 0 Å². The highest BCUT2D eigenvalue weighted by atomic mass is 16.5. The number of ether oxygens (including phenoxy) is 2. The largest absolute Gasteiger partial charge is 0.478 e. The molecule has 0 bridgehead atoms. The van der Waals surface area contributed by atoms with Crippen molar-refractivity contribution in [3.05, 3.63) is 17.2 Å². The standard InChI is InChI=1S/C22H35NO2/c1-4-13-24-21-15-20(16(3)22(23-21)25-14-5-2)19-12-11-18(19)17-9-7-6-8-10-17/h15,17-19H,4-14H2,1-3H3/t18-,19-/m0/s1. The molecule has 2 fully saturated rings. The third-order valence-electron chi connectivity index (χ3n) is 6.12. The molecule has 1 aromatic rings. The van der Waals surface area contributed by atoms with Crippen LogP contribution in [0.15, 0.2) is 6.07 Å². The minimum absolute atomic E-state index is 0.680. The lowest BCUT2D eigenvalue weighted by Crippen LogP contribution is -2.32. The van der Waals surface area contributed by atoms with E-state index in [9.17, 15) is 0 Å². The SMILES string of the molecule is CCCOc1cc([C@H]2CC[C@H]2C2CCCCC2)c(C)c(OCCC)n1. The first-order valence-electron chi connectivity index (χ1n) is 10.5. The van der Waals surface area contributed by atoms with Crippen LogP contribution in [0.2, 0.25) is 0 Å². The summed E-state index contributed by atoms with van der Waals surface area (Å²) in [6, 6.07) is 2.21. The molecule has 0 amide bonds. The van der Waals surface area contributed by atoms with Gasteiger partial charge in [0.15, 0.2) is 0 Å². The van der Waals surface area contributed by atoms with E-state index in [0.717, 1.165) is 49.7 Å². The molecule has 0 unspecified atom stereocenters. The molecule has 0 N–H and O–H groups in total. The zero-order valence-electron chi connectivity index (χ0n) is 16.4. The van der Waals surface area contributed by atoms with Gasteiger partial charge in [-0.3, -0.25) is 0 Å². The van der Waals surface area contributed by atoms with E-state index >= 15 is 0 Å². The predicted octanol–water partition coefficient (Wildman–Crippen LogP) is 6.04. The Labute approximate surface area is 153 Å². The summed E-state index contributed by atoms with van der Waals surface area (Å²) in [5.74, 6) is 4.01. The van der Waals surface area contributed by atoms with Crippen molar-refractivity contribution in [1.29, 1.82) is 0 Å². The molecule has 140 valence electrons. The first-order chi connectivity index (χ1) is 12.2. The summed E-state index contributed by atoms with van der Waals surface area (Å²) in [5, 5.41) is 0. The van der Waals surface area contributed by atoms with Crippen molar-refractivity contribution in [1.82, 2.24) is 4.98 Å². The second-order valence-electron chi connectivity index (χ2n) is 7.92. The zero-order chi connectivity index (χ0) is 17.6. The van der Waals surface area contributed by atoms with Crippen LogP contribution in [0.3, 0.4) is 0 Å². The molecule has 2 aliphatic rings. The first-order valence-corrected chi connectivity index (χ1v) is 10.5. The topological polar surface area (TPSA) is 31.4 Å². The van der Waals surface area contributed by atoms with Crippen LogP contribution in [0.5, 0.6) is 11.8 Å². The Kier molecular flexibility index (Phi) is 6.61. The number of nitrogens with zero attached hydrogens (tertiary/aromatic N) is 1. The normalized spacial score (nSPS) is 24.0. The van der Waals surface area contributed by atoms with E-state index < -0.39 is 0 Å². The maximum Gasteiger partial charge on any atom is 0.219 e. The van der Waals surface area contributed by atoms with Crippen molar-refractivity contribution >= 4 is 0 Å². The van der Waals surface area contributed by atoms with Crippen molar-refractivity contribution < 1.29 is 9.47 Å². The predicted molar refractivity (Wildman–Crippen MR) is 103 cm³/mol. The Morgan fingerprint density at radius 1 is 0.960 bits per heavy atom. The van der Waals surface area contributed by atoms with Crippen LogP contribution in [-0.2, 0) is 0 Å². The summed E-state index contributed by atoms with van der Waals surface area (Å²) in [7, 11) is 0. The molecule has 0 radical (unpaired) electrons. The average molecular weight is 346 g/mol. The molecule has 3 rings (SSSR count). The van der Waals surface area contributed by atoms with Gasteiger partial charge in [0.25, 0.3) is 0 Å². The minimum atomic E-state index is 0.680. The van der Waals surface area contributed by atoms with Gasteiger partial charge in [-0.1, -0.05) is 46.0 Å². The van der Waals surface area contributed by atoms with Crippen LogP contribution in [0.25, 0.3) is 0 Å². The van der Waals surface area contributed by atoms with E-state index in [2.05, 4.69) is 31.8 Å². The Morgan fingerprint density at radius 3 is 2.32 bits per heavy atom. The van der Waals surface area contributed by atoms with E-state index in [-0.39, 0.29) is 0 Å². The molecule has 25 heavy (non-hydrogen) atoms. The summed E-state index contributed by atoms with van der Waals surface area (Å²) in [6.07, 6.45) is 11.9. The summed E-state index contributed by atoms with van der Waals surface area (Å²) >= 11 is 0. The van der Waals surface area contributed by atoms with Gasteiger partial charge < -0.3 is 9.47 Å². The van der Waals surface area contributed by atoms with E-state index in [0.29, 0.717) is 5.92 Å². The molecular formula is C22H35NO2. The fraction of sp³-hybridized carbons (Fsp3) is 0.773. The van der Waals surface area contributed by atoms with Gasteiger partial charge in [0.1, 0.15) is 0 Å². The molecule has 0 saturated heterocycles. The minimum Gasteiger partial charge on any atom is -0.478 e. The third-order valence-corrected chi connectivity index (χ3v) is 6.12. The molecule has 3 heteroatoms. The van der Waals surface area contributed by atoms with Crippen LogP contribution < -0.4 is 9.47 Å². The van der Waals surface area contributed by atoms with Crippen LogP contribution in [-0.4, -0.2) is 18.2 Å². The van der Waals surface area contributed by atoms with E-state index in [1.807, 2.05) is 0 Å². The molecule has 1 heterocycles. The Balaban J connectivity index is 1.82. The molecule has 2 saturated carbocycles. The number of rotatable bonds is 8. The zero-order valence-corrected chi connectivity index (χ0v) is 16.4. The molecule has 0 spiro atoms. The van der Waals surface area contributed by atoms with E-state index in [4.69, 9.17) is 9.47 Å². The number of aromatic nitrogens is 1. The summed E-state index contributed by atoms with van der Waals surface area (Å²) in [4.78, 5) is 4.64. The van der Waals surface area contributed by atoms with Crippen molar-refractivity contribution in [2.24, 2.45) is 11.8 Å². The first kappa shape index (κ1) is 18.5. The lowest BCUT2D eigenvalue weighted by atomic mass is 9.61. The number of hydrogen-bond acceptors (Lipinski definition) is 3. The lowest BCUT2D eigenvalue weighted by molar-refractivity contribution is 0.127. The maximum atomic E-state index is 5.96. The fourth-order valence-electron chi connectivity index (χ4n) is 4.62. The van der Waals surface area contributed by atoms with Gasteiger partial charge in [-0.05, 0) is 55.9 Å². The molecular weight excluding hydrogens is 310 g/mol. The molecule has 3 nitrogen and oxygen atoms in total. The highest BCUT2D eigenvalue weighted by molar-refractivity contribution is 5.41. The van der Waals surface area contributed by atoms with Gasteiger partial charge in [0.2, 0.25) is 11.8 Å². The Hall–Kier alpha value is -1.25. The van der Waals surface area contributed by atoms with Crippen LogP contribution in [0.4, 0.5) is 0 Å². The van der Waals surface area contributed by atoms with Gasteiger partial charge in [0.05, 0.1) is 13.2 Å². The highest BCUT2D eigenvalue weighted by Crippen LogP contribution is 2.52. The summed E-state index contributed by atoms with van der Waals surface area (Å²) in [5.41, 5.74) is 2.68. The molecule has 1 aromatic heterocycles. The van der Waals surface area contributed by atoms with Gasteiger partial charge in [-0.2, -0.15) is 4.98 Å².